The number of carbonyl (C=O) groups is 1. The van der Waals surface area contributed by atoms with E-state index in [2.05, 4.69) is 9.99 Å². The number of phenolic OH excluding ortho intramolecular Hbond substituents is 1. The summed E-state index contributed by atoms with van der Waals surface area (Å²) in [4.78, 5) is 15.1. The van der Waals surface area contributed by atoms with E-state index in [-0.39, 0.29) is 17.0 Å². The van der Waals surface area contributed by atoms with Crippen LogP contribution in [-0.4, -0.2) is 29.0 Å². The molecule has 2 N–H and O–H groups in total. The number of oxime groups is 1. The van der Waals surface area contributed by atoms with Crippen LogP contribution in [0.5, 0.6) is 5.75 Å². The molecule has 0 saturated heterocycles. The van der Waals surface area contributed by atoms with E-state index >= 15 is 0 Å². The highest BCUT2D eigenvalue weighted by Gasteiger charge is 2.16. The zero-order valence-corrected chi connectivity index (χ0v) is 7.47. The first-order valence-electron chi connectivity index (χ1n) is 3.79. The Labute approximate surface area is 80.2 Å². The van der Waals surface area contributed by atoms with Gasteiger partial charge in [-0.1, -0.05) is 17.3 Å². The van der Waals surface area contributed by atoms with Gasteiger partial charge < -0.3 is 15.1 Å². The van der Waals surface area contributed by atoms with Gasteiger partial charge in [-0.25, -0.2) is 4.79 Å². The smallest absolute Gasteiger partial charge is 0.358 e. The molecule has 0 unspecified atom stereocenters. The topological polar surface area (TPSA) is 79.1 Å². The van der Waals surface area contributed by atoms with E-state index in [1.54, 1.807) is 12.1 Å². The number of nitrogens with zero attached hydrogens (tertiary/aromatic N) is 1. The molecular weight excluding hydrogens is 186 g/mol. The van der Waals surface area contributed by atoms with Gasteiger partial charge in [-0.15, -0.1) is 0 Å². The zero-order chi connectivity index (χ0) is 10.6. The van der Waals surface area contributed by atoms with Crippen molar-refractivity contribution in [1.82, 2.24) is 0 Å². The SMILES string of the molecule is CON=C(C(=O)O)c1ccccc1O. The minimum atomic E-state index is -1.26. The molecule has 0 fully saturated rings. The van der Waals surface area contributed by atoms with Gasteiger partial charge in [0, 0.05) is 0 Å². The molecule has 0 radical (unpaired) electrons. The molecule has 0 heterocycles. The predicted molar refractivity (Wildman–Crippen MR) is 49.3 cm³/mol. The number of rotatable bonds is 3. The van der Waals surface area contributed by atoms with Crippen molar-refractivity contribution in [3.63, 3.8) is 0 Å². The van der Waals surface area contributed by atoms with Crippen molar-refractivity contribution in [1.29, 1.82) is 0 Å². The molecule has 0 atom stereocenters. The number of aromatic hydroxyl groups is 1. The normalized spacial score (nSPS) is 11.1. The van der Waals surface area contributed by atoms with E-state index in [0.717, 1.165) is 0 Å². The summed E-state index contributed by atoms with van der Waals surface area (Å²) in [6.45, 7) is 0. The minimum absolute atomic E-state index is 0.127. The van der Waals surface area contributed by atoms with Gasteiger partial charge in [0.1, 0.15) is 12.9 Å². The molecule has 0 aromatic heterocycles. The number of phenols is 1. The molecule has 0 saturated carbocycles. The molecule has 0 spiro atoms. The third-order valence-electron chi connectivity index (χ3n) is 1.54. The lowest BCUT2D eigenvalue weighted by atomic mass is 10.1. The molecule has 5 nitrogen and oxygen atoms in total. The van der Waals surface area contributed by atoms with Gasteiger partial charge in [0.25, 0.3) is 0 Å². The Hall–Kier alpha value is -2.04. The van der Waals surface area contributed by atoms with Gasteiger partial charge in [-0.2, -0.15) is 0 Å². The summed E-state index contributed by atoms with van der Waals surface area (Å²) in [5, 5.41) is 21.4. The maximum Gasteiger partial charge on any atom is 0.358 e. The van der Waals surface area contributed by atoms with E-state index < -0.39 is 5.97 Å². The average Bonchev–Trinajstić information content (AvgIpc) is 2.15. The molecule has 0 aliphatic rings. The first kappa shape index (κ1) is 10.0. The van der Waals surface area contributed by atoms with Crippen LogP contribution in [-0.2, 0) is 9.63 Å². The van der Waals surface area contributed by atoms with Crippen molar-refractivity contribution in [2.75, 3.05) is 7.11 Å². The maximum atomic E-state index is 10.7. The van der Waals surface area contributed by atoms with Crippen LogP contribution in [0, 0.1) is 0 Å². The van der Waals surface area contributed by atoms with Crippen LogP contribution in [0.15, 0.2) is 29.4 Å². The Kier molecular flexibility index (Phi) is 3.06. The van der Waals surface area contributed by atoms with Gasteiger partial charge in [0.15, 0.2) is 5.71 Å². The van der Waals surface area contributed by atoms with E-state index in [9.17, 15) is 9.90 Å². The summed E-state index contributed by atoms with van der Waals surface area (Å²) in [6.07, 6.45) is 0. The molecule has 74 valence electrons. The number of aliphatic carboxylic acids is 1. The third kappa shape index (κ3) is 2.01. The Balaban J connectivity index is 3.19. The van der Waals surface area contributed by atoms with Gasteiger partial charge >= 0.3 is 5.97 Å². The summed E-state index contributed by atoms with van der Waals surface area (Å²) < 4.78 is 0. The Morgan fingerprint density at radius 1 is 1.43 bits per heavy atom. The summed E-state index contributed by atoms with van der Waals surface area (Å²) in [5.41, 5.74) is -0.201. The van der Waals surface area contributed by atoms with Crippen molar-refractivity contribution >= 4 is 11.7 Å². The summed E-state index contributed by atoms with van der Waals surface area (Å²) >= 11 is 0. The fraction of sp³-hybridized carbons (Fsp3) is 0.111. The summed E-state index contributed by atoms with van der Waals surface area (Å²) in [7, 11) is 1.24. The van der Waals surface area contributed by atoms with Crippen molar-refractivity contribution in [2.24, 2.45) is 5.16 Å². The van der Waals surface area contributed by atoms with E-state index in [0.29, 0.717) is 0 Å². The summed E-state index contributed by atoms with van der Waals surface area (Å²) in [5.74, 6) is -1.40. The average molecular weight is 195 g/mol. The Morgan fingerprint density at radius 3 is 2.57 bits per heavy atom. The second-order valence-corrected chi connectivity index (χ2v) is 2.44. The van der Waals surface area contributed by atoms with Crippen LogP contribution in [0.25, 0.3) is 0 Å². The van der Waals surface area contributed by atoms with Crippen molar-refractivity contribution in [2.45, 2.75) is 0 Å². The molecule has 1 rings (SSSR count). The number of carboxylic acids is 1. The van der Waals surface area contributed by atoms with Crippen LogP contribution in [0.4, 0.5) is 0 Å². The van der Waals surface area contributed by atoms with Crippen molar-refractivity contribution < 1.29 is 19.8 Å². The highest BCUT2D eigenvalue weighted by molar-refractivity contribution is 6.43. The monoisotopic (exact) mass is 195 g/mol. The Morgan fingerprint density at radius 2 is 2.07 bits per heavy atom. The molecule has 1 aromatic carbocycles. The number of para-hydroxylation sites is 1. The second-order valence-electron chi connectivity index (χ2n) is 2.44. The molecule has 14 heavy (non-hydrogen) atoms. The largest absolute Gasteiger partial charge is 0.507 e. The molecule has 5 heteroatoms. The van der Waals surface area contributed by atoms with E-state index in [4.69, 9.17) is 5.11 Å². The van der Waals surface area contributed by atoms with Crippen molar-refractivity contribution in [3.8, 4) is 5.75 Å². The fourth-order valence-corrected chi connectivity index (χ4v) is 0.969. The minimum Gasteiger partial charge on any atom is -0.507 e. The second kappa shape index (κ2) is 4.27. The van der Waals surface area contributed by atoms with Crippen LogP contribution in [0.1, 0.15) is 5.56 Å². The van der Waals surface area contributed by atoms with Crippen LogP contribution in [0.2, 0.25) is 0 Å². The predicted octanol–water partition coefficient (Wildman–Crippen LogP) is 0.827. The molecule has 0 bridgehead atoms. The van der Waals surface area contributed by atoms with E-state index in [1.165, 1.54) is 19.2 Å². The van der Waals surface area contributed by atoms with Crippen LogP contribution < -0.4 is 0 Å². The lowest BCUT2D eigenvalue weighted by Crippen LogP contribution is -2.14. The molecule has 1 aromatic rings. The van der Waals surface area contributed by atoms with Crippen LogP contribution in [0.3, 0.4) is 0 Å². The standard InChI is InChI=1S/C9H9NO4/c1-14-10-8(9(12)13)6-4-2-3-5-7(6)11/h2-5,11H,1H3,(H,12,13). The van der Waals surface area contributed by atoms with Gasteiger partial charge in [-0.05, 0) is 12.1 Å². The lowest BCUT2D eigenvalue weighted by Gasteiger charge is -2.02. The number of hydrogen-bond acceptors (Lipinski definition) is 4. The van der Waals surface area contributed by atoms with E-state index in [1.807, 2.05) is 0 Å². The fourth-order valence-electron chi connectivity index (χ4n) is 0.969. The van der Waals surface area contributed by atoms with Crippen LogP contribution >= 0.6 is 0 Å². The molecule has 0 aliphatic carbocycles. The zero-order valence-electron chi connectivity index (χ0n) is 7.47. The highest BCUT2D eigenvalue weighted by Crippen LogP contribution is 2.16. The molecule has 0 aliphatic heterocycles. The maximum absolute atomic E-state index is 10.7. The van der Waals surface area contributed by atoms with Gasteiger partial charge in [-0.3, -0.25) is 0 Å². The first-order valence-corrected chi connectivity index (χ1v) is 3.79. The number of benzene rings is 1. The van der Waals surface area contributed by atoms with Crippen molar-refractivity contribution in [3.05, 3.63) is 29.8 Å². The Bertz CT molecular complexity index is 373. The first-order chi connectivity index (χ1) is 6.66. The number of hydrogen-bond donors (Lipinski definition) is 2. The quantitative estimate of drug-likeness (QED) is 0.553. The number of carboxylic acid groups (broad SMARTS) is 1. The van der Waals surface area contributed by atoms with Gasteiger partial charge in [0.05, 0.1) is 5.56 Å². The van der Waals surface area contributed by atoms with Gasteiger partial charge in [0.2, 0.25) is 0 Å². The highest BCUT2D eigenvalue weighted by atomic mass is 16.6. The summed E-state index contributed by atoms with van der Waals surface area (Å²) in [6, 6.07) is 6.01. The lowest BCUT2D eigenvalue weighted by molar-refractivity contribution is -0.129. The molecule has 0 amide bonds. The molecular formula is C9H9NO4. The third-order valence-corrected chi connectivity index (χ3v) is 1.54.